The lowest BCUT2D eigenvalue weighted by molar-refractivity contribution is -0.114. The summed E-state index contributed by atoms with van der Waals surface area (Å²) in [5.41, 5.74) is 2.95. The number of rotatable bonds is 6. The maximum atomic E-state index is 13.1. The van der Waals surface area contributed by atoms with Crippen molar-refractivity contribution in [2.45, 2.75) is 11.4 Å². The van der Waals surface area contributed by atoms with Gasteiger partial charge in [0, 0.05) is 29.1 Å². The first-order valence-corrected chi connectivity index (χ1v) is 11.7. The van der Waals surface area contributed by atoms with Gasteiger partial charge in [-0.1, -0.05) is 41.6 Å². The number of hydrogen-bond donors (Lipinski definition) is 1. The van der Waals surface area contributed by atoms with E-state index in [0.717, 1.165) is 16.0 Å². The van der Waals surface area contributed by atoms with Crippen molar-refractivity contribution in [3.8, 4) is 11.5 Å². The Labute approximate surface area is 207 Å². The molecule has 0 fully saturated rings. The molecule has 6 nitrogen and oxygen atoms in total. The van der Waals surface area contributed by atoms with Crippen LogP contribution in [0, 0.1) is 0 Å². The van der Waals surface area contributed by atoms with E-state index in [1.54, 1.807) is 56.5 Å². The van der Waals surface area contributed by atoms with Gasteiger partial charge < -0.3 is 19.7 Å². The van der Waals surface area contributed by atoms with Crippen LogP contribution < -0.4 is 19.7 Å². The van der Waals surface area contributed by atoms with Crippen molar-refractivity contribution < 1.29 is 19.1 Å². The molecule has 0 unspecified atom stereocenters. The zero-order valence-corrected chi connectivity index (χ0v) is 20.5. The van der Waals surface area contributed by atoms with Gasteiger partial charge in [-0.3, -0.25) is 9.59 Å². The van der Waals surface area contributed by atoms with E-state index in [9.17, 15) is 9.59 Å². The number of nitrogens with one attached hydrogen (secondary N) is 1. The summed E-state index contributed by atoms with van der Waals surface area (Å²) in [7, 11) is 4.86. The van der Waals surface area contributed by atoms with Crippen molar-refractivity contribution in [1.29, 1.82) is 0 Å². The van der Waals surface area contributed by atoms with E-state index in [1.165, 1.54) is 11.8 Å². The number of fused-ring (bicyclic) bond motifs is 1. The first kappa shape index (κ1) is 23.7. The number of benzene rings is 3. The normalized spacial score (nSPS) is 14.1. The molecule has 0 aliphatic carbocycles. The van der Waals surface area contributed by atoms with Crippen molar-refractivity contribution in [3.05, 3.63) is 87.3 Å². The number of carbonyl (C=O) groups is 2. The predicted octanol–water partition coefficient (Wildman–Crippen LogP) is 5.40. The predicted molar refractivity (Wildman–Crippen MR) is 136 cm³/mol. The third-order valence-corrected chi connectivity index (χ3v) is 6.72. The van der Waals surface area contributed by atoms with Gasteiger partial charge in [-0.05, 0) is 59.7 Å². The van der Waals surface area contributed by atoms with Crippen molar-refractivity contribution in [2.24, 2.45) is 0 Å². The Bertz CT molecular complexity index is 1270. The number of nitrogens with zero attached hydrogens (tertiary/aromatic N) is 1. The van der Waals surface area contributed by atoms with Crippen LogP contribution in [-0.2, 0) is 11.3 Å². The van der Waals surface area contributed by atoms with E-state index < -0.39 is 0 Å². The number of likely N-dealkylation sites (N-methyl/N-ethyl adjacent to an activating group) is 1. The van der Waals surface area contributed by atoms with Crippen LogP contribution in [0.3, 0.4) is 0 Å². The fourth-order valence-corrected chi connectivity index (χ4v) is 4.73. The van der Waals surface area contributed by atoms with Gasteiger partial charge in [0.25, 0.3) is 11.8 Å². The van der Waals surface area contributed by atoms with Crippen LogP contribution in [0.5, 0.6) is 11.5 Å². The molecule has 0 saturated heterocycles. The Balaban J connectivity index is 1.53. The van der Waals surface area contributed by atoms with Crippen molar-refractivity contribution in [3.63, 3.8) is 0 Å². The summed E-state index contributed by atoms with van der Waals surface area (Å²) in [6, 6.07) is 18.2. The topological polar surface area (TPSA) is 67.9 Å². The average Bonchev–Trinajstić information content (AvgIpc) is 2.86. The Morgan fingerprint density at radius 3 is 2.47 bits per heavy atom. The van der Waals surface area contributed by atoms with Crippen molar-refractivity contribution in [2.75, 3.05) is 26.2 Å². The van der Waals surface area contributed by atoms with Gasteiger partial charge >= 0.3 is 0 Å². The summed E-state index contributed by atoms with van der Waals surface area (Å²) in [6.07, 6.45) is 1.82. The highest BCUT2D eigenvalue weighted by molar-refractivity contribution is 8.04. The molecule has 0 bridgehead atoms. The van der Waals surface area contributed by atoms with E-state index in [2.05, 4.69) is 5.32 Å². The number of methoxy groups -OCH3 is 2. The van der Waals surface area contributed by atoms with E-state index in [4.69, 9.17) is 21.1 Å². The molecule has 1 aliphatic heterocycles. The van der Waals surface area contributed by atoms with Crippen LogP contribution in [0.1, 0.15) is 21.5 Å². The molecule has 4 rings (SSSR count). The molecular weight excluding hydrogens is 472 g/mol. The van der Waals surface area contributed by atoms with E-state index in [0.29, 0.717) is 39.2 Å². The second-order valence-corrected chi connectivity index (χ2v) is 9.10. The molecule has 8 heteroatoms. The molecule has 0 aromatic heterocycles. The molecular formula is C26H23ClN2O4S. The molecule has 2 amide bonds. The minimum atomic E-state index is -0.213. The molecule has 174 valence electrons. The fourth-order valence-electron chi connectivity index (χ4n) is 3.52. The number of halogens is 1. The van der Waals surface area contributed by atoms with Gasteiger partial charge in [0.05, 0.1) is 24.8 Å². The Morgan fingerprint density at radius 1 is 1.03 bits per heavy atom. The van der Waals surface area contributed by atoms with Crippen molar-refractivity contribution >= 4 is 46.9 Å². The maximum Gasteiger partial charge on any atom is 0.264 e. The largest absolute Gasteiger partial charge is 0.493 e. The van der Waals surface area contributed by atoms with Crippen LogP contribution in [0.2, 0.25) is 5.02 Å². The summed E-state index contributed by atoms with van der Waals surface area (Å²) < 4.78 is 10.6. The highest BCUT2D eigenvalue weighted by atomic mass is 35.5. The van der Waals surface area contributed by atoms with Gasteiger partial charge in [-0.25, -0.2) is 0 Å². The Hall–Kier alpha value is -3.42. The number of thioether (sulfide) groups is 1. The second-order valence-electron chi connectivity index (χ2n) is 7.58. The van der Waals surface area contributed by atoms with Gasteiger partial charge in [0.1, 0.15) is 0 Å². The number of hydrogen-bond acceptors (Lipinski definition) is 5. The molecule has 1 heterocycles. The van der Waals surface area contributed by atoms with Crippen molar-refractivity contribution in [1.82, 2.24) is 5.32 Å². The standard InChI is InChI=1S/C26H23ClN2O4S/c1-29-20-14-18(25(30)28-15-16-4-8-19(27)9-5-16)7-11-23(20)34-24(26(29)31)13-17-6-10-21(32-2)22(12-17)33-3/h4-14H,15H2,1-3H3,(H,28,30)/b24-13-. The first-order valence-electron chi connectivity index (χ1n) is 10.5. The summed E-state index contributed by atoms with van der Waals surface area (Å²) in [4.78, 5) is 28.8. The van der Waals surface area contributed by atoms with Crippen LogP contribution in [0.25, 0.3) is 6.08 Å². The fraction of sp³-hybridized carbons (Fsp3) is 0.154. The minimum absolute atomic E-state index is 0.147. The lowest BCUT2D eigenvalue weighted by atomic mass is 10.1. The lowest BCUT2D eigenvalue weighted by Crippen LogP contribution is -2.31. The number of anilines is 1. The summed E-state index contributed by atoms with van der Waals surface area (Å²) >= 11 is 7.28. The SMILES string of the molecule is COc1ccc(/C=C2\Sc3ccc(C(=O)NCc4ccc(Cl)cc4)cc3N(C)C2=O)cc1OC. The third kappa shape index (κ3) is 5.05. The molecule has 0 radical (unpaired) electrons. The molecule has 1 N–H and O–H groups in total. The molecule has 1 aliphatic rings. The zero-order chi connectivity index (χ0) is 24.2. The number of ether oxygens (including phenoxy) is 2. The quantitative estimate of drug-likeness (QED) is 0.465. The highest BCUT2D eigenvalue weighted by Crippen LogP contribution is 2.42. The third-order valence-electron chi connectivity index (χ3n) is 5.39. The first-order chi connectivity index (χ1) is 16.4. The van der Waals surface area contributed by atoms with E-state index >= 15 is 0 Å². The summed E-state index contributed by atoms with van der Waals surface area (Å²) in [6.45, 7) is 0.384. The van der Waals surface area contributed by atoms with Crippen LogP contribution in [0.15, 0.2) is 70.5 Å². The molecule has 34 heavy (non-hydrogen) atoms. The number of amides is 2. The second kappa shape index (κ2) is 10.2. The molecule has 3 aromatic carbocycles. The van der Waals surface area contributed by atoms with Gasteiger partial charge in [0.2, 0.25) is 0 Å². The van der Waals surface area contributed by atoms with Gasteiger partial charge in [-0.2, -0.15) is 0 Å². The monoisotopic (exact) mass is 494 g/mol. The van der Waals surface area contributed by atoms with Crippen LogP contribution in [-0.4, -0.2) is 33.1 Å². The molecule has 0 saturated carbocycles. The van der Waals surface area contributed by atoms with Crippen LogP contribution in [0.4, 0.5) is 5.69 Å². The van der Waals surface area contributed by atoms with Crippen LogP contribution >= 0.6 is 23.4 Å². The summed E-state index contributed by atoms with van der Waals surface area (Å²) in [5, 5.41) is 3.55. The molecule has 3 aromatic rings. The minimum Gasteiger partial charge on any atom is -0.493 e. The smallest absolute Gasteiger partial charge is 0.264 e. The van der Waals surface area contributed by atoms with Gasteiger partial charge in [0.15, 0.2) is 11.5 Å². The lowest BCUT2D eigenvalue weighted by Gasteiger charge is -2.27. The van der Waals surface area contributed by atoms with Gasteiger partial charge in [-0.15, -0.1) is 0 Å². The highest BCUT2D eigenvalue weighted by Gasteiger charge is 2.27. The molecule has 0 atom stereocenters. The Kier molecular flexibility index (Phi) is 7.14. The maximum absolute atomic E-state index is 13.1. The Morgan fingerprint density at radius 2 is 1.76 bits per heavy atom. The average molecular weight is 495 g/mol. The number of carbonyl (C=O) groups excluding carboxylic acids is 2. The molecule has 0 spiro atoms. The zero-order valence-electron chi connectivity index (χ0n) is 18.9. The summed E-state index contributed by atoms with van der Waals surface area (Å²) in [5.74, 6) is 0.853. The van der Waals surface area contributed by atoms with E-state index in [-0.39, 0.29) is 11.8 Å². The van der Waals surface area contributed by atoms with E-state index in [1.807, 2.05) is 36.4 Å².